The fourth-order valence-corrected chi connectivity index (χ4v) is 2.82. The third-order valence-corrected chi connectivity index (χ3v) is 4.19. The third-order valence-electron chi connectivity index (χ3n) is 4.19. The molecule has 114 valence electrons. The van der Waals surface area contributed by atoms with Gasteiger partial charge in [0.15, 0.2) is 0 Å². The Hall–Kier alpha value is -0.120. The summed E-state index contributed by atoms with van der Waals surface area (Å²) >= 11 is 0. The van der Waals surface area contributed by atoms with E-state index in [0.29, 0.717) is 18.1 Å². The van der Waals surface area contributed by atoms with Gasteiger partial charge in [-0.2, -0.15) is 0 Å². The fraction of sp³-hybridized carbons (Fsp3) is 1.00. The van der Waals surface area contributed by atoms with Gasteiger partial charge in [0.05, 0.1) is 6.10 Å². The van der Waals surface area contributed by atoms with Crippen LogP contribution in [0.4, 0.5) is 0 Å². The minimum Gasteiger partial charge on any atom is -0.385 e. The van der Waals surface area contributed by atoms with Gasteiger partial charge in [-0.25, -0.2) is 0 Å². The van der Waals surface area contributed by atoms with Crippen LogP contribution >= 0.6 is 0 Å². The topological polar surface area (TPSA) is 30.5 Å². The van der Waals surface area contributed by atoms with Gasteiger partial charge in [-0.15, -0.1) is 0 Å². The number of methoxy groups -OCH3 is 1. The van der Waals surface area contributed by atoms with Gasteiger partial charge in [0.25, 0.3) is 0 Å². The number of rotatable bonds is 10. The molecule has 0 bridgehead atoms. The van der Waals surface area contributed by atoms with Gasteiger partial charge in [-0.1, -0.05) is 13.8 Å². The highest BCUT2D eigenvalue weighted by atomic mass is 16.5. The first kappa shape index (κ1) is 16.9. The van der Waals surface area contributed by atoms with Crippen LogP contribution in [0, 0.1) is 5.92 Å². The SMILES string of the molecule is CCCNC(CCC1CCCCO1)C(C)CCOC. The van der Waals surface area contributed by atoms with Gasteiger partial charge in [0.2, 0.25) is 0 Å². The van der Waals surface area contributed by atoms with Crippen LogP contribution in [0.3, 0.4) is 0 Å². The third kappa shape index (κ3) is 7.28. The molecule has 0 amide bonds. The smallest absolute Gasteiger partial charge is 0.0575 e. The maximum atomic E-state index is 5.84. The van der Waals surface area contributed by atoms with E-state index in [2.05, 4.69) is 19.2 Å². The first-order valence-electron chi connectivity index (χ1n) is 8.11. The molecule has 1 rings (SSSR count). The van der Waals surface area contributed by atoms with Crippen molar-refractivity contribution in [3.8, 4) is 0 Å². The molecule has 0 spiro atoms. The normalized spacial score (nSPS) is 23.2. The van der Waals surface area contributed by atoms with Gasteiger partial charge < -0.3 is 14.8 Å². The molecule has 1 fully saturated rings. The lowest BCUT2D eigenvalue weighted by molar-refractivity contribution is 0.00733. The monoisotopic (exact) mass is 271 g/mol. The second kappa shape index (κ2) is 10.6. The van der Waals surface area contributed by atoms with Crippen LogP contribution in [0.1, 0.15) is 58.8 Å². The van der Waals surface area contributed by atoms with Crippen molar-refractivity contribution in [2.45, 2.75) is 70.9 Å². The van der Waals surface area contributed by atoms with Gasteiger partial charge >= 0.3 is 0 Å². The van der Waals surface area contributed by atoms with Crippen molar-refractivity contribution in [1.29, 1.82) is 0 Å². The summed E-state index contributed by atoms with van der Waals surface area (Å²) in [5.41, 5.74) is 0. The molecule has 19 heavy (non-hydrogen) atoms. The molecule has 1 aliphatic rings. The van der Waals surface area contributed by atoms with Crippen LogP contribution < -0.4 is 5.32 Å². The van der Waals surface area contributed by atoms with E-state index in [-0.39, 0.29) is 0 Å². The van der Waals surface area contributed by atoms with E-state index >= 15 is 0 Å². The highest BCUT2D eigenvalue weighted by Crippen LogP contribution is 2.21. The summed E-state index contributed by atoms with van der Waals surface area (Å²) in [6, 6.07) is 0.612. The summed E-state index contributed by atoms with van der Waals surface area (Å²) in [7, 11) is 1.79. The van der Waals surface area contributed by atoms with Crippen LogP contribution in [0.15, 0.2) is 0 Å². The predicted octanol–water partition coefficient (Wildman–Crippen LogP) is 3.38. The Balaban J connectivity index is 2.29. The standard InChI is InChI=1S/C16H33NO2/c1-4-11-17-16(14(2)10-13-18-3)9-8-15-7-5-6-12-19-15/h14-17H,4-13H2,1-3H3. The minimum absolute atomic E-state index is 0.509. The summed E-state index contributed by atoms with van der Waals surface area (Å²) in [6.45, 7) is 7.53. The fourth-order valence-electron chi connectivity index (χ4n) is 2.82. The second-order valence-corrected chi connectivity index (χ2v) is 5.89. The summed E-state index contributed by atoms with van der Waals surface area (Å²) in [6.07, 6.45) is 9.14. The molecule has 1 heterocycles. The van der Waals surface area contributed by atoms with E-state index in [1.807, 2.05) is 0 Å². The Morgan fingerprint density at radius 2 is 2.16 bits per heavy atom. The molecule has 0 saturated carbocycles. The molecular formula is C16H33NO2. The second-order valence-electron chi connectivity index (χ2n) is 5.89. The van der Waals surface area contributed by atoms with E-state index in [0.717, 1.165) is 26.2 Å². The molecule has 0 aromatic carbocycles. The Kier molecular flexibility index (Phi) is 9.48. The number of hydrogen-bond acceptors (Lipinski definition) is 3. The number of ether oxygens (including phenoxy) is 2. The molecular weight excluding hydrogens is 238 g/mol. The summed E-state index contributed by atoms with van der Waals surface area (Å²) in [5.74, 6) is 0.676. The van der Waals surface area contributed by atoms with Gasteiger partial charge in [0.1, 0.15) is 0 Å². The van der Waals surface area contributed by atoms with E-state index in [4.69, 9.17) is 9.47 Å². The van der Waals surface area contributed by atoms with Crippen LogP contribution in [0.5, 0.6) is 0 Å². The van der Waals surface area contributed by atoms with Crippen LogP contribution in [-0.2, 0) is 9.47 Å². The first-order valence-corrected chi connectivity index (χ1v) is 8.11. The average Bonchev–Trinajstić information content (AvgIpc) is 2.46. The lowest BCUT2D eigenvalue weighted by atomic mass is 9.92. The largest absolute Gasteiger partial charge is 0.385 e. The molecule has 1 aliphatic heterocycles. The van der Waals surface area contributed by atoms with Crippen LogP contribution in [0.2, 0.25) is 0 Å². The predicted molar refractivity (Wildman–Crippen MR) is 80.6 cm³/mol. The molecule has 0 aliphatic carbocycles. The lowest BCUT2D eigenvalue weighted by Gasteiger charge is -2.28. The van der Waals surface area contributed by atoms with Gasteiger partial charge in [-0.05, 0) is 57.4 Å². The Morgan fingerprint density at radius 1 is 1.32 bits per heavy atom. The van der Waals surface area contributed by atoms with Crippen molar-refractivity contribution in [3.63, 3.8) is 0 Å². The minimum atomic E-state index is 0.509. The molecule has 3 unspecified atom stereocenters. The van der Waals surface area contributed by atoms with Crippen LogP contribution in [-0.4, -0.2) is 39.0 Å². The van der Waals surface area contributed by atoms with E-state index in [1.54, 1.807) is 7.11 Å². The molecule has 0 radical (unpaired) electrons. The molecule has 1 N–H and O–H groups in total. The van der Waals surface area contributed by atoms with E-state index in [1.165, 1.54) is 38.5 Å². The molecule has 3 nitrogen and oxygen atoms in total. The quantitative estimate of drug-likeness (QED) is 0.661. The summed E-state index contributed by atoms with van der Waals surface area (Å²) < 4.78 is 11.1. The summed E-state index contributed by atoms with van der Waals surface area (Å²) in [4.78, 5) is 0. The highest BCUT2D eigenvalue weighted by molar-refractivity contribution is 4.76. The summed E-state index contributed by atoms with van der Waals surface area (Å²) in [5, 5.41) is 3.71. The lowest BCUT2D eigenvalue weighted by Crippen LogP contribution is -2.37. The molecule has 1 saturated heterocycles. The number of hydrogen-bond donors (Lipinski definition) is 1. The van der Waals surface area contributed by atoms with Crippen molar-refractivity contribution in [2.24, 2.45) is 5.92 Å². The first-order chi connectivity index (χ1) is 9.27. The van der Waals surface area contributed by atoms with Crippen molar-refractivity contribution in [1.82, 2.24) is 5.32 Å². The Bertz CT molecular complexity index is 205. The van der Waals surface area contributed by atoms with Crippen molar-refractivity contribution < 1.29 is 9.47 Å². The molecule has 0 aromatic heterocycles. The number of nitrogens with one attached hydrogen (secondary N) is 1. The molecule has 0 aromatic rings. The van der Waals surface area contributed by atoms with Gasteiger partial charge in [0, 0.05) is 26.4 Å². The maximum Gasteiger partial charge on any atom is 0.0575 e. The zero-order chi connectivity index (χ0) is 13.9. The Morgan fingerprint density at radius 3 is 2.79 bits per heavy atom. The zero-order valence-corrected chi connectivity index (χ0v) is 13.1. The van der Waals surface area contributed by atoms with Gasteiger partial charge in [-0.3, -0.25) is 0 Å². The van der Waals surface area contributed by atoms with E-state index < -0.39 is 0 Å². The Labute approximate surface area is 119 Å². The van der Waals surface area contributed by atoms with Crippen molar-refractivity contribution >= 4 is 0 Å². The molecule has 3 atom stereocenters. The zero-order valence-electron chi connectivity index (χ0n) is 13.1. The van der Waals surface area contributed by atoms with Crippen molar-refractivity contribution in [2.75, 3.05) is 26.9 Å². The highest BCUT2D eigenvalue weighted by Gasteiger charge is 2.20. The average molecular weight is 271 g/mol. The molecule has 3 heteroatoms. The van der Waals surface area contributed by atoms with Crippen molar-refractivity contribution in [3.05, 3.63) is 0 Å². The van der Waals surface area contributed by atoms with E-state index in [9.17, 15) is 0 Å². The van der Waals surface area contributed by atoms with Crippen LogP contribution in [0.25, 0.3) is 0 Å². The maximum absolute atomic E-state index is 5.84.